The van der Waals surface area contributed by atoms with Gasteiger partial charge in [0.25, 0.3) is 0 Å². The second-order valence-corrected chi connectivity index (χ2v) is 4.59. The molecule has 0 saturated carbocycles. The molecule has 0 N–H and O–H groups in total. The molecule has 1 aliphatic heterocycles. The van der Waals surface area contributed by atoms with E-state index in [9.17, 15) is 4.79 Å². The molecule has 1 heterocycles. The fourth-order valence-corrected chi connectivity index (χ4v) is 2.54. The van der Waals surface area contributed by atoms with Gasteiger partial charge in [-0.05, 0) is 19.3 Å². The maximum Gasteiger partial charge on any atom is 0.313 e. The fraction of sp³-hybridized carbons (Fsp3) is 0.923. The second kappa shape index (κ2) is 5.53. The van der Waals surface area contributed by atoms with Crippen molar-refractivity contribution < 1.29 is 9.53 Å². The van der Waals surface area contributed by atoms with Crippen LogP contribution in [0.5, 0.6) is 0 Å². The van der Waals surface area contributed by atoms with Gasteiger partial charge in [0, 0.05) is 0 Å². The van der Waals surface area contributed by atoms with E-state index < -0.39 is 0 Å². The Kier molecular flexibility index (Phi) is 4.62. The molecule has 0 aromatic carbocycles. The number of unbranched alkanes of at least 4 members (excludes halogenated alkanes) is 3. The number of hydrogen-bond acceptors (Lipinski definition) is 2. The van der Waals surface area contributed by atoms with Crippen LogP contribution in [0.25, 0.3) is 0 Å². The molecular weight excluding hydrogens is 188 g/mol. The molecule has 2 nitrogen and oxygen atoms in total. The molecule has 1 rings (SSSR count). The number of cyclic esters (lactones) is 1. The van der Waals surface area contributed by atoms with Crippen LogP contribution in [0.1, 0.15) is 65.7 Å². The Hall–Kier alpha value is -0.530. The van der Waals surface area contributed by atoms with Crippen LogP contribution in [-0.2, 0) is 9.53 Å². The van der Waals surface area contributed by atoms with Crippen molar-refractivity contribution in [2.24, 2.45) is 5.92 Å². The number of carbonyl (C=O) groups is 1. The first-order valence-corrected chi connectivity index (χ1v) is 6.43. The second-order valence-electron chi connectivity index (χ2n) is 4.59. The van der Waals surface area contributed by atoms with E-state index in [0.717, 1.165) is 19.3 Å². The Labute approximate surface area is 93.4 Å². The number of rotatable bonds is 7. The van der Waals surface area contributed by atoms with Gasteiger partial charge in [0.1, 0.15) is 5.60 Å². The molecule has 2 heteroatoms. The van der Waals surface area contributed by atoms with E-state index in [2.05, 4.69) is 20.8 Å². The molecular formula is C13H24O2. The third-order valence-electron chi connectivity index (χ3n) is 3.77. The maximum absolute atomic E-state index is 11.4. The summed E-state index contributed by atoms with van der Waals surface area (Å²) in [5.41, 5.74) is -0.108. The summed E-state index contributed by atoms with van der Waals surface area (Å²) in [6.45, 7) is 6.45. The quantitative estimate of drug-likeness (QED) is 0.475. The predicted octanol–water partition coefficient (Wildman–Crippen LogP) is 3.69. The van der Waals surface area contributed by atoms with Gasteiger partial charge in [-0.2, -0.15) is 0 Å². The normalized spacial score (nSPS) is 23.4. The molecule has 1 aliphatic rings. The summed E-state index contributed by atoms with van der Waals surface area (Å²) >= 11 is 0. The van der Waals surface area contributed by atoms with E-state index in [1.165, 1.54) is 25.7 Å². The van der Waals surface area contributed by atoms with E-state index in [0.29, 0.717) is 0 Å². The van der Waals surface area contributed by atoms with Crippen LogP contribution in [0, 0.1) is 5.92 Å². The van der Waals surface area contributed by atoms with E-state index in [1.807, 2.05) is 0 Å². The summed E-state index contributed by atoms with van der Waals surface area (Å²) in [5.74, 6) is 0.222. The third kappa shape index (κ3) is 2.53. The number of esters is 1. The molecule has 1 saturated heterocycles. The zero-order valence-electron chi connectivity index (χ0n) is 10.3. The van der Waals surface area contributed by atoms with Crippen molar-refractivity contribution in [2.75, 3.05) is 0 Å². The highest BCUT2D eigenvalue weighted by Crippen LogP contribution is 2.42. The van der Waals surface area contributed by atoms with Crippen molar-refractivity contribution in [1.82, 2.24) is 0 Å². The van der Waals surface area contributed by atoms with E-state index >= 15 is 0 Å². The van der Waals surface area contributed by atoms with E-state index in [-0.39, 0.29) is 17.5 Å². The van der Waals surface area contributed by atoms with Gasteiger partial charge in [-0.25, -0.2) is 0 Å². The minimum atomic E-state index is -0.108. The van der Waals surface area contributed by atoms with Gasteiger partial charge in [-0.15, -0.1) is 0 Å². The summed E-state index contributed by atoms with van der Waals surface area (Å²) in [5, 5.41) is 0. The topological polar surface area (TPSA) is 26.3 Å². The SMILES string of the molecule is CCCCCCC1C(=O)OC1(CC)CC. The third-order valence-corrected chi connectivity index (χ3v) is 3.77. The molecule has 88 valence electrons. The van der Waals surface area contributed by atoms with Crippen molar-refractivity contribution in [3.63, 3.8) is 0 Å². The van der Waals surface area contributed by atoms with Gasteiger partial charge >= 0.3 is 5.97 Å². The van der Waals surface area contributed by atoms with Crippen LogP contribution in [0.15, 0.2) is 0 Å². The molecule has 1 fully saturated rings. The Morgan fingerprint density at radius 2 is 1.80 bits per heavy atom. The van der Waals surface area contributed by atoms with Crippen LogP contribution >= 0.6 is 0 Å². The molecule has 1 unspecified atom stereocenters. The van der Waals surface area contributed by atoms with E-state index in [4.69, 9.17) is 4.74 Å². The van der Waals surface area contributed by atoms with Crippen molar-refractivity contribution in [1.29, 1.82) is 0 Å². The molecule has 15 heavy (non-hydrogen) atoms. The standard InChI is InChI=1S/C13H24O2/c1-4-7-8-9-10-11-12(14)15-13(11,5-2)6-3/h11H,4-10H2,1-3H3. The Morgan fingerprint density at radius 1 is 1.13 bits per heavy atom. The number of ether oxygens (including phenoxy) is 1. The smallest absolute Gasteiger partial charge is 0.313 e. The molecule has 0 bridgehead atoms. The van der Waals surface area contributed by atoms with Crippen molar-refractivity contribution in [3.8, 4) is 0 Å². The monoisotopic (exact) mass is 212 g/mol. The average molecular weight is 212 g/mol. The van der Waals surface area contributed by atoms with Gasteiger partial charge in [0.05, 0.1) is 5.92 Å². The molecule has 0 aromatic rings. The van der Waals surface area contributed by atoms with Gasteiger partial charge in [-0.3, -0.25) is 4.79 Å². The minimum absolute atomic E-state index is 0.0372. The molecule has 0 aromatic heterocycles. The first-order chi connectivity index (χ1) is 7.20. The molecule has 0 amide bonds. The molecule has 0 aliphatic carbocycles. The van der Waals surface area contributed by atoms with Crippen molar-refractivity contribution >= 4 is 5.97 Å². The van der Waals surface area contributed by atoms with Gasteiger partial charge in [0.15, 0.2) is 0 Å². The first-order valence-electron chi connectivity index (χ1n) is 6.43. The lowest BCUT2D eigenvalue weighted by Crippen LogP contribution is -2.56. The molecule has 0 radical (unpaired) electrons. The van der Waals surface area contributed by atoms with Crippen molar-refractivity contribution in [2.45, 2.75) is 71.3 Å². The summed E-state index contributed by atoms with van der Waals surface area (Å²) < 4.78 is 5.36. The fourth-order valence-electron chi connectivity index (χ4n) is 2.54. The summed E-state index contributed by atoms with van der Waals surface area (Å²) in [7, 11) is 0. The lowest BCUT2D eigenvalue weighted by Gasteiger charge is -2.47. The average Bonchev–Trinajstić information content (AvgIpc) is 2.25. The molecule has 0 spiro atoms. The maximum atomic E-state index is 11.4. The van der Waals surface area contributed by atoms with Crippen LogP contribution in [-0.4, -0.2) is 11.6 Å². The summed E-state index contributed by atoms with van der Waals surface area (Å²) in [4.78, 5) is 11.4. The highest BCUT2D eigenvalue weighted by atomic mass is 16.6. The highest BCUT2D eigenvalue weighted by Gasteiger charge is 2.53. The van der Waals surface area contributed by atoms with Crippen LogP contribution in [0.2, 0.25) is 0 Å². The Bertz CT molecular complexity index is 207. The lowest BCUT2D eigenvalue weighted by molar-refractivity contribution is -0.216. The number of carbonyl (C=O) groups excluding carboxylic acids is 1. The van der Waals surface area contributed by atoms with Crippen LogP contribution in [0.3, 0.4) is 0 Å². The Morgan fingerprint density at radius 3 is 2.27 bits per heavy atom. The van der Waals surface area contributed by atoms with Crippen molar-refractivity contribution in [3.05, 3.63) is 0 Å². The Balaban J connectivity index is 2.35. The predicted molar refractivity (Wildman–Crippen MR) is 61.7 cm³/mol. The lowest BCUT2D eigenvalue weighted by atomic mass is 9.75. The zero-order chi connectivity index (χ0) is 11.3. The van der Waals surface area contributed by atoms with Gasteiger partial charge < -0.3 is 4.74 Å². The largest absolute Gasteiger partial charge is 0.458 e. The zero-order valence-corrected chi connectivity index (χ0v) is 10.3. The minimum Gasteiger partial charge on any atom is -0.458 e. The first kappa shape index (κ1) is 12.5. The number of hydrogen-bond donors (Lipinski definition) is 0. The summed E-state index contributed by atoms with van der Waals surface area (Å²) in [6, 6.07) is 0. The van der Waals surface area contributed by atoms with Gasteiger partial charge in [0.2, 0.25) is 0 Å². The van der Waals surface area contributed by atoms with Crippen LogP contribution in [0.4, 0.5) is 0 Å². The molecule has 1 atom stereocenters. The van der Waals surface area contributed by atoms with Crippen LogP contribution < -0.4 is 0 Å². The van der Waals surface area contributed by atoms with Gasteiger partial charge in [-0.1, -0.05) is 46.5 Å². The summed E-state index contributed by atoms with van der Waals surface area (Å²) in [6.07, 6.45) is 7.93. The highest BCUT2D eigenvalue weighted by molar-refractivity contribution is 5.80. The van der Waals surface area contributed by atoms with E-state index in [1.54, 1.807) is 0 Å².